The molecular weight excluding hydrogens is 368 g/mol. The first-order valence-corrected chi connectivity index (χ1v) is 8.83. The summed E-state index contributed by atoms with van der Waals surface area (Å²) in [6, 6.07) is 5.78. The summed E-state index contributed by atoms with van der Waals surface area (Å²) in [5.41, 5.74) is 1.84. The molecule has 6 nitrogen and oxygen atoms in total. The number of fused-ring (bicyclic) bond motifs is 1. The number of carbonyl (C=O) groups is 1. The number of rotatable bonds is 9. The number of aromatic nitrogens is 3. The molecule has 0 aromatic carbocycles. The van der Waals surface area contributed by atoms with Crippen LogP contribution in [0.4, 0.5) is 8.78 Å². The van der Waals surface area contributed by atoms with E-state index in [4.69, 9.17) is 9.47 Å². The molecule has 0 saturated carbocycles. The van der Waals surface area contributed by atoms with Crippen molar-refractivity contribution >= 4 is 11.4 Å². The van der Waals surface area contributed by atoms with Gasteiger partial charge in [0.15, 0.2) is 17.2 Å². The number of aryl methyl sites for hydroxylation is 1. The second-order valence-electron chi connectivity index (χ2n) is 6.32. The molecule has 0 N–H and O–H groups in total. The van der Waals surface area contributed by atoms with Gasteiger partial charge in [-0.3, -0.25) is 4.79 Å². The third-order valence-corrected chi connectivity index (χ3v) is 4.27. The lowest BCUT2D eigenvalue weighted by Crippen LogP contribution is -2.08. The van der Waals surface area contributed by atoms with Crippen LogP contribution in [0.3, 0.4) is 0 Å². The highest BCUT2D eigenvalue weighted by Crippen LogP contribution is 2.23. The van der Waals surface area contributed by atoms with Crippen LogP contribution < -0.4 is 4.74 Å². The van der Waals surface area contributed by atoms with Crippen LogP contribution in [-0.4, -0.2) is 41.0 Å². The van der Waals surface area contributed by atoms with Gasteiger partial charge in [-0.1, -0.05) is 6.07 Å². The Labute approximate surface area is 161 Å². The van der Waals surface area contributed by atoms with E-state index < -0.39 is 12.1 Å². The topological polar surface area (TPSA) is 65.7 Å². The number of hydrogen-bond donors (Lipinski definition) is 0. The zero-order chi connectivity index (χ0) is 20.1. The Kier molecular flexibility index (Phi) is 6.30. The molecule has 0 unspecified atom stereocenters. The lowest BCUT2D eigenvalue weighted by molar-refractivity contribution is 0.0986. The summed E-state index contributed by atoms with van der Waals surface area (Å²) < 4.78 is 37.9. The van der Waals surface area contributed by atoms with Gasteiger partial charge >= 0.3 is 0 Å². The van der Waals surface area contributed by atoms with E-state index in [-0.39, 0.29) is 17.9 Å². The molecule has 0 aliphatic heterocycles. The van der Waals surface area contributed by atoms with Crippen LogP contribution >= 0.6 is 0 Å². The number of alkyl halides is 2. The van der Waals surface area contributed by atoms with E-state index in [9.17, 15) is 13.6 Å². The van der Waals surface area contributed by atoms with Crippen molar-refractivity contribution in [3.05, 3.63) is 59.3 Å². The molecule has 0 bridgehead atoms. The second kappa shape index (κ2) is 8.88. The van der Waals surface area contributed by atoms with Crippen LogP contribution in [0.2, 0.25) is 0 Å². The number of methoxy groups -OCH3 is 2. The molecule has 0 radical (unpaired) electrons. The van der Waals surface area contributed by atoms with Crippen molar-refractivity contribution in [3.8, 4) is 5.75 Å². The van der Waals surface area contributed by atoms with E-state index in [1.807, 2.05) is 10.6 Å². The summed E-state index contributed by atoms with van der Waals surface area (Å²) in [4.78, 5) is 20.8. The van der Waals surface area contributed by atoms with Crippen LogP contribution in [-0.2, 0) is 17.6 Å². The Morgan fingerprint density at radius 2 is 2.04 bits per heavy atom. The fourth-order valence-electron chi connectivity index (χ4n) is 2.94. The van der Waals surface area contributed by atoms with Crippen molar-refractivity contribution < 1.29 is 23.0 Å². The van der Waals surface area contributed by atoms with Gasteiger partial charge < -0.3 is 13.9 Å². The van der Waals surface area contributed by atoms with Gasteiger partial charge in [-0.15, -0.1) is 0 Å². The molecule has 28 heavy (non-hydrogen) atoms. The molecule has 148 valence electrons. The molecule has 3 aromatic heterocycles. The molecule has 0 spiro atoms. The SMILES string of the molecule is COCCCc1cn2cc(CC(=O)c3cccc(C(F)F)n3)cc(OC)c2n1. The molecule has 0 saturated heterocycles. The Hall–Kier alpha value is -2.87. The van der Waals surface area contributed by atoms with Crippen molar-refractivity contribution in [2.75, 3.05) is 20.8 Å². The largest absolute Gasteiger partial charge is 0.493 e. The molecule has 0 aliphatic rings. The van der Waals surface area contributed by atoms with E-state index in [2.05, 4.69) is 9.97 Å². The number of pyridine rings is 2. The van der Waals surface area contributed by atoms with Gasteiger partial charge in [-0.05, 0) is 36.6 Å². The highest BCUT2D eigenvalue weighted by Gasteiger charge is 2.16. The predicted molar refractivity (Wildman–Crippen MR) is 99.2 cm³/mol. The van der Waals surface area contributed by atoms with Crippen molar-refractivity contribution in [1.29, 1.82) is 0 Å². The predicted octanol–water partition coefficient (Wildman–Crippen LogP) is 3.68. The zero-order valence-electron chi connectivity index (χ0n) is 15.7. The second-order valence-corrected chi connectivity index (χ2v) is 6.32. The van der Waals surface area contributed by atoms with E-state index in [0.717, 1.165) is 18.5 Å². The van der Waals surface area contributed by atoms with Gasteiger partial charge in [0.1, 0.15) is 11.4 Å². The molecule has 3 heterocycles. The average Bonchev–Trinajstić information content (AvgIpc) is 3.10. The highest BCUT2D eigenvalue weighted by molar-refractivity contribution is 5.95. The van der Waals surface area contributed by atoms with E-state index in [1.165, 1.54) is 25.3 Å². The number of ketones is 1. The third-order valence-electron chi connectivity index (χ3n) is 4.27. The standard InChI is InChI=1S/C20H21F2N3O3/c1-27-8-4-5-14-12-25-11-13(10-18(28-2)20(25)23-14)9-17(26)15-6-3-7-16(24-15)19(21)22/h3,6-7,10-12,19H,4-5,8-9H2,1-2H3. The summed E-state index contributed by atoms with van der Waals surface area (Å²) in [6.07, 6.45) is 2.59. The van der Waals surface area contributed by atoms with Crippen molar-refractivity contribution in [3.63, 3.8) is 0 Å². The smallest absolute Gasteiger partial charge is 0.280 e. The normalized spacial score (nSPS) is 11.3. The van der Waals surface area contributed by atoms with Crippen molar-refractivity contribution in [1.82, 2.24) is 14.4 Å². The van der Waals surface area contributed by atoms with Crippen LogP contribution in [0.15, 0.2) is 36.7 Å². The lowest BCUT2D eigenvalue weighted by atomic mass is 10.1. The third kappa shape index (κ3) is 4.51. The molecule has 0 fully saturated rings. The molecule has 0 aliphatic carbocycles. The van der Waals surface area contributed by atoms with Crippen LogP contribution in [0.25, 0.3) is 5.65 Å². The Morgan fingerprint density at radius 1 is 1.21 bits per heavy atom. The number of imidazole rings is 1. The zero-order valence-corrected chi connectivity index (χ0v) is 15.7. The maximum atomic E-state index is 12.8. The summed E-state index contributed by atoms with van der Waals surface area (Å²) in [5, 5.41) is 0. The Balaban J connectivity index is 1.84. The van der Waals surface area contributed by atoms with Gasteiger partial charge in [-0.25, -0.2) is 18.7 Å². The van der Waals surface area contributed by atoms with Gasteiger partial charge in [0.2, 0.25) is 0 Å². The first-order chi connectivity index (χ1) is 13.5. The lowest BCUT2D eigenvalue weighted by Gasteiger charge is -2.07. The van der Waals surface area contributed by atoms with Gasteiger partial charge in [-0.2, -0.15) is 0 Å². The minimum atomic E-state index is -2.72. The summed E-state index contributed by atoms with van der Waals surface area (Å²) in [6.45, 7) is 0.648. The number of hydrogen-bond acceptors (Lipinski definition) is 5. The molecule has 3 rings (SSSR count). The maximum Gasteiger partial charge on any atom is 0.280 e. The summed E-state index contributed by atoms with van der Waals surface area (Å²) >= 11 is 0. The van der Waals surface area contributed by atoms with Crippen LogP contribution in [0.5, 0.6) is 5.75 Å². The molecule has 8 heteroatoms. The van der Waals surface area contributed by atoms with Gasteiger partial charge in [0, 0.05) is 32.5 Å². The van der Waals surface area contributed by atoms with Crippen molar-refractivity contribution in [2.24, 2.45) is 0 Å². The maximum absolute atomic E-state index is 12.8. The fourth-order valence-corrected chi connectivity index (χ4v) is 2.94. The number of Topliss-reactive ketones (excluding diaryl/α,β-unsaturated/α-hetero) is 1. The Bertz CT molecular complexity index is 972. The Morgan fingerprint density at radius 3 is 2.75 bits per heavy atom. The minimum Gasteiger partial charge on any atom is -0.493 e. The monoisotopic (exact) mass is 389 g/mol. The van der Waals surface area contributed by atoms with Gasteiger partial charge in [0.25, 0.3) is 6.43 Å². The summed E-state index contributed by atoms with van der Waals surface area (Å²) in [5.74, 6) is 0.196. The molecule has 0 amide bonds. The molecular formula is C20H21F2N3O3. The number of ether oxygens (including phenoxy) is 2. The number of nitrogens with zero attached hydrogens (tertiary/aromatic N) is 3. The van der Waals surface area contributed by atoms with Gasteiger partial charge in [0.05, 0.1) is 12.8 Å². The quantitative estimate of drug-likeness (QED) is 0.413. The van der Waals surface area contributed by atoms with Crippen LogP contribution in [0, 0.1) is 0 Å². The fraction of sp³-hybridized carbons (Fsp3) is 0.350. The number of carbonyl (C=O) groups excluding carboxylic acids is 1. The van der Waals surface area contributed by atoms with E-state index in [0.29, 0.717) is 23.6 Å². The average molecular weight is 389 g/mol. The van der Waals surface area contributed by atoms with Crippen molar-refractivity contribution in [2.45, 2.75) is 25.7 Å². The molecule has 0 atom stereocenters. The number of halogens is 2. The van der Waals surface area contributed by atoms with E-state index in [1.54, 1.807) is 19.4 Å². The van der Waals surface area contributed by atoms with E-state index >= 15 is 0 Å². The summed E-state index contributed by atoms with van der Waals surface area (Å²) in [7, 11) is 3.19. The van der Waals surface area contributed by atoms with Crippen LogP contribution in [0.1, 0.15) is 40.3 Å². The first-order valence-electron chi connectivity index (χ1n) is 8.83. The first kappa shape index (κ1) is 19.9. The molecule has 3 aromatic rings. The highest BCUT2D eigenvalue weighted by atomic mass is 19.3. The minimum absolute atomic E-state index is 0.0164.